The van der Waals surface area contributed by atoms with Crippen LogP contribution in [0.5, 0.6) is 0 Å². The zero-order chi connectivity index (χ0) is 17.1. The lowest BCUT2D eigenvalue weighted by Crippen LogP contribution is -2.45. The van der Waals surface area contributed by atoms with E-state index in [2.05, 4.69) is 0 Å². The van der Waals surface area contributed by atoms with E-state index in [9.17, 15) is 19.7 Å². The van der Waals surface area contributed by atoms with Crippen LogP contribution in [-0.2, 0) is 4.79 Å². The zero-order valence-corrected chi connectivity index (χ0v) is 14.0. The van der Waals surface area contributed by atoms with Crippen LogP contribution in [0.25, 0.3) is 0 Å². The Morgan fingerprint density at radius 3 is 2.14 bits per heavy atom. The first-order valence-electron chi connectivity index (χ1n) is 6.11. The van der Waals surface area contributed by atoms with Crippen LogP contribution >= 0.6 is 34.8 Å². The number of Topliss-reactive ketones (excluding diaryl/α,β-unsaturated/α-hetero) is 1. The lowest BCUT2D eigenvalue weighted by molar-refractivity contribution is -0.384. The van der Waals surface area contributed by atoms with Crippen molar-refractivity contribution in [3.8, 4) is 0 Å². The number of halogens is 3. The molecule has 0 aromatic heterocycles. The summed E-state index contributed by atoms with van der Waals surface area (Å²) >= 11 is 17.5. The number of nitrogens with zero attached hydrogens (tertiary/aromatic N) is 2. The molecule has 1 rings (SSSR count). The maximum atomic E-state index is 12.2. The van der Waals surface area contributed by atoms with Crippen molar-refractivity contribution in [2.24, 2.45) is 0 Å². The molecular weight excluding hydrogens is 355 g/mol. The Morgan fingerprint density at radius 1 is 1.27 bits per heavy atom. The molecule has 0 spiro atoms. The number of benzene rings is 1. The van der Waals surface area contributed by atoms with E-state index < -0.39 is 14.8 Å². The molecule has 0 aliphatic rings. The molecule has 0 aliphatic heterocycles. The van der Waals surface area contributed by atoms with Gasteiger partial charge in [-0.2, -0.15) is 0 Å². The topological polar surface area (TPSA) is 80.5 Å². The fraction of sp³-hybridized carbons (Fsp3) is 0.385. The fourth-order valence-corrected chi connectivity index (χ4v) is 2.42. The normalized spacial score (nSPS) is 12.6. The van der Waals surface area contributed by atoms with Crippen LogP contribution in [0.1, 0.15) is 23.7 Å². The van der Waals surface area contributed by atoms with Gasteiger partial charge in [0.2, 0.25) is 9.70 Å². The van der Waals surface area contributed by atoms with Crippen molar-refractivity contribution in [2.45, 2.75) is 23.2 Å². The summed E-state index contributed by atoms with van der Waals surface area (Å²) in [5.41, 5.74) is 0.108. The van der Waals surface area contributed by atoms with Gasteiger partial charge in [0.25, 0.3) is 5.69 Å². The number of amides is 1. The molecule has 6 nitrogen and oxygen atoms in total. The Morgan fingerprint density at radius 2 is 1.77 bits per heavy atom. The molecule has 0 radical (unpaired) electrons. The molecule has 1 aromatic carbocycles. The van der Waals surface area contributed by atoms with Gasteiger partial charge in [-0.15, -0.1) is 0 Å². The van der Waals surface area contributed by atoms with Gasteiger partial charge in [-0.1, -0.05) is 34.8 Å². The van der Waals surface area contributed by atoms with Crippen LogP contribution in [0.4, 0.5) is 5.69 Å². The SMILES string of the molecule is CC(=O)N(C)[C@H](CC(=O)c1ccc([N+](=O)[O-])cc1)C(Cl)(Cl)Cl. The summed E-state index contributed by atoms with van der Waals surface area (Å²) in [6.07, 6.45) is -0.218. The van der Waals surface area contributed by atoms with Gasteiger partial charge in [0.05, 0.1) is 11.0 Å². The quantitative estimate of drug-likeness (QED) is 0.346. The van der Waals surface area contributed by atoms with E-state index in [1.54, 1.807) is 0 Å². The molecule has 0 aliphatic carbocycles. The minimum absolute atomic E-state index is 0.129. The van der Waals surface area contributed by atoms with E-state index in [0.29, 0.717) is 0 Å². The molecule has 1 atom stereocenters. The highest BCUT2D eigenvalue weighted by atomic mass is 35.6. The predicted molar refractivity (Wildman–Crippen MR) is 84.6 cm³/mol. The minimum Gasteiger partial charge on any atom is -0.338 e. The minimum atomic E-state index is -1.84. The van der Waals surface area contributed by atoms with Gasteiger partial charge in [-0.05, 0) is 12.1 Å². The Labute approximate surface area is 142 Å². The Hall–Kier alpha value is -1.37. The molecule has 0 bridgehead atoms. The van der Waals surface area contributed by atoms with Gasteiger partial charge in [0, 0.05) is 38.1 Å². The maximum Gasteiger partial charge on any atom is 0.269 e. The highest BCUT2D eigenvalue weighted by Gasteiger charge is 2.38. The molecular formula is C13H13Cl3N2O4. The molecule has 0 unspecified atom stereocenters. The van der Waals surface area contributed by atoms with Gasteiger partial charge in [-0.3, -0.25) is 19.7 Å². The van der Waals surface area contributed by atoms with Gasteiger partial charge < -0.3 is 4.90 Å². The van der Waals surface area contributed by atoms with Crippen molar-refractivity contribution in [3.63, 3.8) is 0 Å². The summed E-state index contributed by atoms with van der Waals surface area (Å²) in [7, 11) is 1.43. The summed E-state index contributed by atoms with van der Waals surface area (Å²) in [6, 6.07) is 4.13. The van der Waals surface area contributed by atoms with Crippen molar-refractivity contribution in [2.75, 3.05) is 7.05 Å². The number of hydrogen-bond acceptors (Lipinski definition) is 4. The van der Waals surface area contributed by atoms with Gasteiger partial charge in [-0.25, -0.2) is 0 Å². The second kappa shape index (κ2) is 7.26. The molecule has 0 saturated carbocycles. The first-order valence-corrected chi connectivity index (χ1v) is 7.25. The third-order valence-electron chi connectivity index (χ3n) is 3.12. The van der Waals surface area contributed by atoms with Crippen molar-refractivity contribution in [3.05, 3.63) is 39.9 Å². The number of rotatable bonds is 5. The number of hydrogen-bond donors (Lipinski definition) is 0. The van der Waals surface area contributed by atoms with Crippen LogP contribution in [0.2, 0.25) is 0 Å². The standard InChI is InChI=1S/C13H13Cl3N2O4/c1-8(19)17(2)12(13(14,15)16)7-11(20)9-3-5-10(6-4-9)18(21)22/h3-6,12H,7H2,1-2H3/t12-/m1/s1. The highest BCUT2D eigenvalue weighted by molar-refractivity contribution is 6.68. The van der Waals surface area contributed by atoms with Gasteiger partial charge in [0.15, 0.2) is 5.78 Å². The molecule has 1 amide bonds. The number of non-ortho nitro benzene ring substituents is 1. The number of nitro benzene ring substituents is 1. The zero-order valence-electron chi connectivity index (χ0n) is 11.8. The number of ketones is 1. The molecule has 0 saturated heterocycles. The molecule has 9 heteroatoms. The van der Waals surface area contributed by atoms with E-state index >= 15 is 0 Å². The van der Waals surface area contributed by atoms with Crippen molar-refractivity contribution in [1.82, 2.24) is 4.90 Å². The number of carbonyl (C=O) groups is 2. The van der Waals surface area contributed by atoms with Gasteiger partial charge in [0.1, 0.15) is 0 Å². The van der Waals surface area contributed by atoms with Crippen molar-refractivity contribution < 1.29 is 14.5 Å². The number of alkyl halides is 3. The summed E-state index contributed by atoms with van der Waals surface area (Å²) in [5.74, 6) is -0.743. The summed E-state index contributed by atoms with van der Waals surface area (Å²) in [5, 5.41) is 10.6. The molecule has 0 fully saturated rings. The average Bonchev–Trinajstić information content (AvgIpc) is 2.42. The molecule has 0 N–H and O–H groups in total. The van der Waals surface area contributed by atoms with Crippen LogP contribution in [0.15, 0.2) is 24.3 Å². The fourth-order valence-electron chi connectivity index (χ4n) is 1.75. The van der Waals surface area contributed by atoms with Crippen LogP contribution in [-0.4, -0.2) is 38.4 Å². The second-order valence-corrected chi connectivity index (χ2v) is 6.99. The van der Waals surface area contributed by atoms with Gasteiger partial charge >= 0.3 is 0 Å². The van der Waals surface area contributed by atoms with E-state index in [1.165, 1.54) is 43.1 Å². The maximum absolute atomic E-state index is 12.2. The second-order valence-electron chi connectivity index (χ2n) is 4.62. The van der Waals surface area contributed by atoms with E-state index in [1.807, 2.05) is 0 Å². The van der Waals surface area contributed by atoms with Crippen molar-refractivity contribution in [1.29, 1.82) is 0 Å². The Kier molecular flexibility index (Phi) is 6.17. The third kappa shape index (κ3) is 4.83. The first-order chi connectivity index (χ1) is 10.0. The van der Waals surface area contributed by atoms with Crippen LogP contribution in [0.3, 0.4) is 0 Å². The Bertz CT molecular complexity index is 584. The molecule has 1 aromatic rings. The summed E-state index contributed by atoms with van der Waals surface area (Å²) < 4.78 is -1.84. The average molecular weight is 368 g/mol. The molecule has 0 heterocycles. The summed E-state index contributed by atoms with van der Waals surface area (Å²) in [6.45, 7) is 1.29. The monoisotopic (exact) mass is 366 g/mol. The highest BCUT2D eigenvalue weighted by Crippen LogP contribution is 2.35. The smallest absolute Gasteiger partial charge is 0.269 e. The number of carbonyl (C=O) groups excluding carboxylic acids is 2. The summed E-state index contributed by atoms with van der Waals surface area (Å²) in [4.78, 5) is 34.8. The Balaban J connectivity index is 2.96. The lowest BCUT2D eigenvalue weighted by atomic mass is 10.0. The van der Waals surface area contributed by atoms with Crippen LogP contribution < -0.4 is 0 Å². The largest absolute Gasteiger partial charge is 0.338 e. The molecule has 120 valence electrons. The number of nitro groups is 1. The third-order valence-corrected chi connectivity index (χ3v) is 3.88. The van der Waals surface area contributed by atoms with E-state index in [0.717, 1.165) is 0 Å². The first kappa shape index (κ1) is 18.7. The van der Waals surface area contributed by atoms with E-state index in [-0.39, 0.29) is 29.4 Å². The van der Waals surface area contributed by atoms with E-state index in [4.69, 9.17) is 34.8 Å². The van der Waals surface area contributed by atoms with Crippen molar-refractivity contribution >= 4 is 52.2 Å². The van der Waals surface area contributed by atoms with Crippen LogP contribution in [0, 0.1) is 10.1 Å². The lowest BCUT2D eigenvalue weighted by Gasteiger charge is -2.32. The predicted octanol–water partition coefficient (Wildman–Crippen LogP) is 3.38. The molecule has 22 heavy (non-hydrogen) atoms.